The van der Waals surface area contributed by atoms with Gasteiger partial charge < -0.3 is 0 Å². The highest BCUT2D eigenvalue weighted by Gasteiger charge is 2.29. The summed E-state index contributed by atoms with van der Waals surface area (Å²) in [6, 6.07) is 5.54. The van der Waals surface area contributed by atoms with E-state index < -0.39 is 10.2 Å². The molecular weight excluding hydrogens is 328 g/mol. The first-order chi connectivity index (χ1) is 8.90. The Hall–Kier alpha value is -0.590. The van der Waals surface area contributed by atoms with E-state index in [4.69, 9.17) is 0 Å². The Morgan fingerprint density at radius 2 is 2.11 bits per heavy atom. The third-order valence-corrected chi connectivity index (χ3v) is 5.98. The Kier molecular flexibility index (Phi) is 4.53. The molecule has 0 amide bonds. The van der Waals surface area contributed by atoms with Crippen LogP contribution < -0.4 is 4.72 Å². The van der Waals surface area contributed by atoms with Crippen molar-refractivity contribution < 1.29 is 8.42 Å². The fourth-order valence-electron chi connectivity index (χ4n) is 2.29. The van der Waals surface area contributed by atoms with Crippen LogP contribution in [-0.2, 0) is 10.2 Å². The molecule has 1 atom stereocenters. The fourth-order valence-corrected chi connectivity index (χ4v) is 4.16. The predicted molar refractivity (Wildman–Crippen MR) is 81.4 cm³/mol. The van der Waals surface area contributed by atoms with Crippen molar-refractivity contribution in [3.63, 3.8) is 0 Å². The second kappa shape index (κ2) is 5.81. The van der Waals surface area contributed by atoms with Gasteiger partial charge in [-0.3, -0.25) is 4.72 Å². The van der Waals surface area contributed by atoms with Crippen LogP contribution in [0.5, 0.6) is 0 Å². The van der Waals surface area contributed by atoms with Crippen LogP contribution in [0.25, 0.3) is 0 Å². The van der Waals surface area contributed by atoms with Gasteiger partial charge in [0.25, 0.3) is 0 Å². The maximum atomic E-state index is 12.4. The van der Waals surface area contributed by atoms with Gasteiger partial charge in [-0.25, -0.2) is 0 Å². The van der Waals surface area contributed by atoms with Crippen molar-refractivity contribution in [1.82, 2.24) is 4.31 Å². The lowest BCUT2D eigenvalue weighted by atomic mass is 10.1. The molecule has 1 saturated heterocycles. The Labute approximate surface area is 123 Å². The fraction of sp³-hybridized carbons (Fsp3) is 0.538. The molecular formula is C13H19BrN2O2S. The molecule has 1 N–H and O–H groups in total. The second-order valence-corrected chi connectivity index (χ2v) is 7.50. The first kappa shape index (κ1) is 14.8. The second-order valence-electron chi connectivity index (χ2n) is 5.03. The van der Waals surface area contributed by atoms with Crippen molar-refractivity contribution in [3.05, 3.63) is 28.2 Å². The van der Waals surface area contributed by atoms with Crippen LogP contribution in [0.1, 0.15) is 31.7 Å². The SMILES string of the molecule is Cc1ccc(NS(=O)(=O)N2CCCCC2C)cc1Br. The van der Waals surface area contributed by atoms with Gasteiger partial charge >= 0.3 is 10.2 Å². The van der Waals surface area contributed by atoms with Crippen molar-refractivity contribution in [2.75, 3.05) is 11.3 Å². The van der Waals surface area contributed by atoms with E-state index >= 15 is 0 Å². The lowest BCUT2D eigenvalue weighted by molar-refractivity contribution is 0.270. The summed E-state index contributed by atoms with van der Waals surface area (Å²) >= 11 is 3.41. The molecule has 0 bridgehead atoms. The summed E-state index contributed by atoms with van der Waals surface area (Å²) in [5.74, 6) is 0. The molecule has 106 valence electrons. The quantitative estimate of drug-likeness (QED) is 0.912. The number of nitrogens with one attached hydrogen (secondary N) is 1. The molecule has 6 heteroatoms. The number of halogens is 1. The van der Waals surface area contributed by atoms with Crippen LogP contribution in [0.3, 0.4) is 0 Å². The standard InChI is InChI=1S/C13H19BrN2O2S/c1-10-6-7-12(9-13(10)14)15-19(17,18)16-8-4-3-5-11(16)2/h6-7,9,11,15H,3-5,8H2,1-2H3. The molecule has 0 saturated carbocycles. The molecule has 0 aliphatic carbocycles. The Morgan fingerprint density at radius 1 is 1.37 bits per heavy atom. The van der Waals surface area contributed by atoms with Gasteiger partial charge in [0.2, 0.25) is 0 Å². The van der Waals surface area contributed by atoms with Gasteiger partial charge in [-0.15, -0.1) is 0 Å². The average molecular weight is 347 g/mol. The largest absolute Gasteiger partial charge is 0.301 e. The Bertz CT molecular complexity index is 560. The van der Waals surface area contributed by atoms with Crippen molar-refractivity contribution in [2.45, 2.75) is 39.2 Å². The van der Waals surface area contributed by atoms with E-state index in [0.717, 1.165) is 29.3 Å². The minimum atomic E-state index is -3.45. The first-order valence-electron chi connectivity index (χ1n) is 6.46. The van der Waals surface area contributed by atoms with Crippen LogP contribution in [-0.4, -0.2) is 25.3 Å². The first-order valence-corrected chi connectivity index (χ1v) is 8.69. The summed E-state index contributed by atoms with van der Waals surface area (Å²) in [5.41, 5.74) is 1.67. The van der Waals surface area contributed by atoms with Crippen molar-refractivity contribution in [2.24, 2.45) is 0 Å². The minimum absolute atomic E-state index is 0.0696. The summed E-state index contributed by atoms with van der Waals surface area (Å²) in [7, 11) is -3.45. The molecule has 1 aliphatic heterocycles. The maximum absolute atomic E-state index is 12.4. The molecule has 0 spiro atoms. The molecule has 1 heterocycles. The molecule has 1 fully saturated rings. The lowest BCUT2D eigenvalue weighted by Crippen LogP contribution is -2.44. The van der Waals surface area contributed by atoms with Gasteiger partial charge in [0.1, 0.15) is 0 Å². The highest BCUT2D eigenvalue weighted by atomic mass is 79.9. The topological polar surface area (TPSA) is 49.4 Å². The monoisotopic (exact) mass is 346 g/mol. The molecule has 2 rings (SSSR count). The van der Waals surface area contributed by atoms with Gasteiger partial charge in [0, 0.05) is 17.1 Å². The zero-order chi connectivity index (χ0) is 14.0. The highest BCUT2D eigenvalue weighted by molar-refractivity contribution is 9.10. The minimum Gasteiger partial charge on any atom is -0.271 e. The van der Waals surface area contributed by atoms with E-state index in [2.05, 4.69) is 20.7 Å². The number of hydrogen-bond acceptors (Lipinski definition) is 2. The molecule has 1 aliphatic rings. The van der Waals surface area contributed by atoms with Crippen LogP contribution in [0.15, 0.2) is 22.7 Å². The number of rotatable bonds is 3. The molecule has 1 aromatic rings. The summed E-state index contributed by atoms with van der Waals surface area (Å²) in [5, 5.41) is 0. The van der Waals surface area contributed by atoms with Crippen LogP contribution >= 0.6 is 15.9 Å². The Balaban J connectivity index is 2.18. The van der Waals surface area contributed by atoms with Gasteiger partial charge in [0.05, 0.1) is 5.69 Å². The number of nitrogens with zero attached hydrogens (tertiary/aromatic N) is 1. The summed E-state index contributed by atoms with van der Waals surface area (Å²) in [4.78, 5) is 0. The van der Waals surface area contributed by atoms with Crippen molar-refractivity contribution in [1.29, 1.82) is 0 Å². The van der Waals surface area contributed by atoms with E-state index in [9.17, 15) is 8.42 Å². The number of anilines is 1. The summed E-state index contributed by atoms with van der Waals surface area (Å²) < 4.78 is 29.8. The third-order valence-electron chi connectivity index (χ3n) is 3.47. The molecule has 0 radical (unpaired) electrons. The normalized spacial score (nSPS) is 21.3. The number of benzene rings is 1. The Morgan fingerprint density at radius 3 is 2.74 bits per heavy atom. The third kappa shape index (κ3) is 3.49. The van der Waals surface area contributed by atoms with Gasteiger partial charge in [-0.05, 0) is 44.4 Å². The number of aryl methyl sites for hydroxylation is 1. The maximum Gasteiger partial charge on any atom is 0.301 e. The predicted octanol–water partition coefficient (Wildman–Crippen LogP) is 3.29. The van der Waals surface area contributed by atoms with E-state index in [0.29, 0.717) is 12.2 Å². The zero-order valence-corrected chi connectivity index (χ0v) is 13.6. The molecule has 0 aromatic heterocycles. The van der Waals surface area contributed by atoms with E-state index in [1.165, 1.54) is 0 Å². The molecule has 1 aromatic carbocycles. The zero-order valence-electron chi connectivity index (χ0n) is 11.2. The summed E-state index contributed by atoms with van der Waals surface area (Å²) in [6.07, 6.45) is 2.96. The van der Waals surface area contributed by atoms with E-state index in [1.807, 2.05) is 19.9 Å². The van der Waals surface area contributed by atoms with E-state index in [1.54, 1.807) is 16.4 Å². The van der Waals surface area contributed by atoms with Crippen LogP contribution in [0.4, 0.5) is 5.69 Å². The van der Waals surface area contributed by atoms with Crippen molar-refractivity contribution in [3.8, 4) is 0 Å². The van der Waals surface area contributed by atoms with Gasteiger partial charge in [0.15, 0.2) is 0 Å². The van der Waals surface area contributed by atoms with E-state index in [-0.39, 0.29) is 6.04 Å². The smallest absolute Gasteiger partial charge is 0.271 e. The average Bonchev–Trinajstić information content (AvgIpc) is 2.34. The molecule has 1 unspecified atom stereocenters. The van der Waals surface area contributed by atoms with Crippen LogP contribution in [0.2, 0.25) is 0 Å². The lowest BCUT2D eigenvalue weighted by Gasteiger charge is -2.32. The number of hydrogen-bond donors (Lipinski definition) is 1. The molecule has 19 heavy (non-hydrogen) atoms. The highest BCUT2D eigenvalue weighted by Crippen LogP contribution is 2.24. The van der Waals surface area contributed by atoms with Gasteiger partial charge in [-0.2, -0.15) is 12.7 Å². The number of piperidine rings is 1. The van der Waals surface area contributed by atoms with Crippen LogP contribution in [0, 0.1) is 6.92 Å². The van der Waals surface area contributed by atoms with Crippen molar-refractivity contribution >= 4 is 31.8 Å². The summed E-state index contributed by atoms with van der Waals surface area (Å²) in [6.45, 7) is 4.53. The molecule has 4 nitrogen and oxygen atoms in total. The van der Waals surface area contributed by atoms with Gasteiger partial charge in [-0.1, -0.05) is 28.4 Å².